The summed E-state index contributed by atoms with van der Waals surface area (Å²) in [6, 6.07) is 5.64. The summed E-state index contributed by atoms with van der Waals surface area (Å²) in [5, 5.41) is 0. The molecule has 3 aromatic rings. The van der Waals surface area contributed by atoms with E-state index in [-0.39, 0.29) is 12.6 Å². The first kappa shape index (κ1) is 14.7. The van der Waals surface area contributed by atoms with Gasteiger partial charge in [0.1, 0.15) is 5.52 Å². The standard InChI is InChI=1S/C18H17N3O3/c1-10(2)5-14(22)12-7-19-18-17(12)21-13(8-20-18)11-3-4-15-16(6-11)24-9-23-15/h3-4,6-8,10H,5,9H2,1-2H3,(H,19,20). The van der Waals surface area contributed by atoms with Crippen molar-refractivity contribution in [1.29, 1.82) is 0 Å². The molecular weight excluding hydrogens is 306 g/mol. The zero-order valence-corrected chi connectivity index (χ0v) is 13.5. The van der Waals surface area contributed by atoms with Crippen LogP contribution in [-0.2, 0) is 0 Å². The Morgan fingerprint density at radius 1 is 1.29 bits per heavy atom. The second-order valence-electron chi connectivity index (χ2n) is 6.24. The van der Waals surface area contributed by atoms with Gasteiger partial charge in [-0.15, -0.1) is 0 Å². The quantitative estimate of drug-likeness (QED) is 0.743. The van der Waals surface area contributed by atoms with Crippen molar-refractivity contribution in [3.63, 3.8) is 0 Å². The molecule has 122 valence electrons. The lowest BCUT2D eigenvalue weighted by Gasteiger charge is -2.04. The Kier molecular flexibility index (Phi) is 3.45. The van der Waals surface area contributed by atoms with Gasteiger partial charge < -0.3 is 14.5 Å². The molecule has 6 nitrogen and oxygen atoms in total. The Labute approximate surface area is 138 Å². The summed E-state index contributed by atoms with van der Waals surface area (Å²) >= 11 is 0. The van der Waals surface area contributed by atoms with E-state index in [1.165, 1.54) is 0 Å². The molecule has 0 saturated carbocycles. The van der Waals surface area contributed by atoms with E-state index in [0.717, 1.165) is 11.3 Å². The molecule has 6 heteroatoms. The minimum absolute atomic E-state index is 0.0772. The fraction of sp³-hybridized carbons (Fsp3) is 0.278. The number of hydrogen-bond donors (Lipinski definition) is 1. The maximum absolute atomic E-state index is 12.4. The highest BCUT2D eigenvalue weighted by atomic mass is 16.7. The highest BCUT2D eigenvalue weighted by Crippen LogP contribution is 2.35. The first-order valence-electron chi connectivity index (χ1n) is 7.89. The van der Waals surface area contributed by atoms with Crippen molar-refractivity contribution < 1.29 is 14.3 Å². The average molecular weight is 323 g/mol. The average Bonchev–Trinajstić information content (AvgIpc) is 3.19. The summed E-state index contributed by atoms with van der Waals surface area (Å²) in [4.78, 5) is 24.5. The summed E-state index contributed by atoms with van der Waals surface area (Å²) in [5.41, 5.74) is 3.38. The Morgan fingerprint density at radius 3 is 2.96 bits per heavy atom. The van der Waals surface area contributed by atoms with Gasteiger partial charge >= 0.3 is 0 Å². The molecule has 0 spiro atoms. The van der Waals surface area contributed by atoms with Crippen molar-refractivity contribution in [3.8, 4) is 22.8 Å². The highest BCUT2D eigenvalue weighted by Gasteiger charge is 2.18. The van der Waals surface area contributed by atoms with Crippen molar-refractivity contribution in [2.75, 3.05) is 6.79 Å². The molecule has 0 amide bonds. The van der Waals surface area contributed by atoms with E-state index in [4.69, 9.17) is 9.47 Å². The Morgan fingerprint density at radius 2 is 2.12 bits per heavy atom. The lowest BCUT2D eigenvalue weighted by Crippen LogP contribution is -2.03. The van der Waals surface area contributed by atoms with Crippen LogP contribution in [0.1, 0.15) is 30.6 Å². The van der Waals surface area contributed by atoms with Crippen molar-refractivity contribution in [1.82, 2.24) is 15.0 Å². The smallest absolute Gasteiger partial charge is 0.231 e. The summed E-state index contributed by atoms with van der Waals surface area (Å²) in [6.07, 6.45) is 3.87. The second-order valence-corrected chi connectivity index (χ2v) is 6.24. The monoisotopic (exact) mass is 323 g/mol. The van der Waals surface area contributed by atoms with E-state index in [1.807, 2.05) is 32.0 Å². The predicted molar refractivity (Wildman–Crippen MR) is 89.2 cm³/mol. The molecular formula is C18H17N3O3. The van der Waals surface area contributed by atoms with Gasteiger partial charge in [0.2, 0.25) is 6.79 Å². The van der Waals surface area contributed by atoms with Crippen LogP contribution in [-0.4, -0.2) is 27.5 Å². The van der Waals surface area contributed by atoms with Crippen LogP contribution in [0.15, 0.2) is 30.6 Å². The molecule has 1 aliphatic heterocycles. The van der Waals surface area contributed by atoms with Crippen LogP contribution in [0.25, 0.3) is 22.4 Å². The van der Waals surface area contributed by atoms with Gasteiger partial charge in [0.25, 0.3) is 0 Å². The van der Waals surface area contributed by atoms with E-state index in [0.29, 0.717) is 40.5 Å². The maximum Gasteiger partial charge on any atom is 0.231 e. The third-order valence-electron chi connectivity index (χ3n) is 3.94. The lowest BCUT2D eigenvalue weighted by atomic mass is 10.0. The molecule has 1 N–H and O–H groups in total. The number of carbonyl (C=O) groups is 1. The second kappa shape index (κ2) is 5.63. The molecule has 24 heavy (non-hydrogen) atoms. The van der Waals surface area contributed by atoms with Crippen LogP contribution in [0, 0.1) is 5.92 Å². The van der Waals surface area contributed by atoms with Crippen LogP contribution in [0.4, 0.5) is 0 Å². The lowest BCUT2D eigenvalue weighted by molar-refractivity contribution is 0.0969. The fourth-order valence-electron chi connectivity index (χ4n) is 2.78. The Bertz CT molecular complexity index is 930. The molecule has 0 fully saturated rings. The largest absolute Gasteiger partial charge is 0.454 e. The number of ketones is 1. The van der Waals surface area contributed by atoms with Gasteiger partial charge in [-0.05, 0) is 24.1 Å². The van der Waals surface area contributed by atoms with Gasteiger partial charge in [0, 0.05) is 18.2 Å². The summed E-state index contributed by atoms with van der Waals surface area (Å²) in [5.74, 6) is 1.79. The van der Waals surface area contributed by atoms with Crippen molar-refractivity contribution in [2.24, 2.45) is 5.92 Å². The molecule has 1 aromatic carbocycles. The number of fused-ring (bicyclic) bond motifs is 2. The number of nitrogens with zero attached hydrogens (tertiary/aromatic N) is 2. The van der Waals surface area contributed by atoms with E-state index < -0.39 is 0 Å². The van der Waals surface area contributed by atoms with E-state index in [1.54, 1.807) is 12.4 Å². The third-order valence-corrected chi connectivity index (χ3v) is 3.94. The molecule has 0 aliphatic carbocycles. The number of ether oxygens (including phenoxy) is 2. The maximum atomic E-state index is 12.4. The number of benzene rings is 1. The SMILES string of the molecule is CC(C)CC(=O)c1c[nH]c2ncc(-c3ccc4c(c3)OCO4)nc12. The minimum atomic E-state index is 0.0772. The van der Waals surface area contributed by atoms with Gasteiger partial charge in [0.05, 0.1) is 17.5 Å². The van der Waals surface area contributed by atoms with Gasteiger partial charge in [-0.25, -0.2) is 9.97 Å². The van der Waals surface area contributed by atoms with Crippen LogP contribution in [0.2, 0.25) is 0 Å². The van der Waals surface area contributed by atoms with Crippen LogP contribution >= 0.6 is 0 Å². The van der Waals surface area contributed by atoms with Crippen molar-refractivity contribution >= 4 is 16.9 Å². The molecule has 0 atom stereocenters. The van der Waals surface area contributed by atoms with Gasteiger partial charge in [-0.1, -0.05) is 13.8 Å². The summed E-state index contributed by atoms with van der Waals surface area (Å²) < 4.78 is 10.7. The predicted octanol–water partition coefficient (Wildman–Crippen LogP) is 3.58. The van der Waals surface area contributed by atoms with E-state index in [2.05, 4.69) is 15.0 Å². The molecule has 4 rings (SSSR count). The molecule has 0 bridgehead atoms. The summed E-state index contributed by atoms with van der Waals surface area (Å²) in [7, 11) is 0. The zero-order chi connectivity index (χ0) is 16.7. The number of rotatable bonds is 4. The fourth-order valence-corrected chi connectivity index (χ4v) is 2.78. The number of H-pyrrole nitrogens is 1. The molecule has 0 unspecified atom stereocenters. The molecule has 0 saturated heterocycles. The van der Waals surface area contributed by atoms with Gasteiger partial charge in [0.15, 0.2) is 22.9 Å². The number of hydrogen-bond acceptors (Lipinski definition) is 5. The van der Waals surface area contributed by atoms with E-state index in [9.17, 15) is 4.79 Å². The Balaban J connectivity index is 1.76. The number of aromatic nitrogens is 3. The Hall–Kier alpha value is -2.89. The third kappa shape index (κ3) is 2.50. The first-order chi connectivity index (χ1) is 11.6. The molecule has 0 radical (unpaired) electrons. The van der Waals surface area contributed by atoms with Gasteiger partial charge in [-0.3, -0.25) is 4.79 Å². The van der Waals surface area contributed by atoms with E-state index >= 15 is 0 Å². The highest BCUT2D eigenvalue weighted by molar-refractivity contribution is 6.06. The molecule has 2 aromatic heterocycles. The van der Waals surface area contributed by atoms with Crippen LogP contribution < -0.4 is 9.47 Å². The number of nitrogens with one attached hydrogen (secondary N) is 1. The van der Waals surface area contributed by atoms with Gasteiger partial charge in [-0.2, -0.15) is 0 Å². The van der Waals surface area contributed by atoms with Crippen molar-refractivity contribution in [3.05, 3.63) is 36.2 Å². The van der Waals surface area contributed by atoms with Crippen LogP contribution in [0.5, 0.6) is 11.5 Å². The summed E-state index contributed by atoms with van der Waals surface area (Å²) in [6.45, 7) is 4.28. The molecule has 3 heterocycles. The number of Topliss-reactive ketones (excluding diaryl/α,β-unsaturated/α-hetero) is 1. The zero-order valence-electron chi connectivity index (χ0n) is 13.5. The van der Waals surface area contributed by atoms with Crippen LogP contribution in [0.3, 0.4) is 0 Å². The number of aromatic amines is 1. The minimum Gasteiger partial charge on any atom is -0.454 e. The number of carbonyl (C=O) groups excluding carboxylic acids is 1. The first-order valence-corrected chi connectivity index (χ1v) is 7.89. The topological polar surface area (TPSA) is 77.1 Å². The van der Waals surface area contributed by atoms with Crippen molar-refractivity contribution in [2.45, 2.75) is 20.3 Å². The normalized spacial score (nSPS) is 13.0. The molecule has 1 aliphatic rings.